The van der Waals surface area contributed by atoms with E-state index in [1.54, 1.807) is 12.1 Å². The highest BCUT2D eigenvalue weighted by atomic mass is 35.5. The summed E-state index contributed by atoms with van der Waals surface area (Å²) in [5, 5.41) is 5.25. The summed E-state index contributed by atoms with van der Waals surface area (Å²) >= 11 is 5.75. The topological polar surface area (TPSA) is 71.1 Å². The van der Waals surface area contributed by atoms with Gasteiger partial charge in [-0.15, -0.1) is 0 Å². The third-order valence-corrected chi connectivity index (χ3v) is 2.29. The Morgan fingerprint density at radius 2 is 2.18 bits per heavy atom. The van der Waals surface area contributed by atoms with Gasteiger partial charge in [0.2, 0.25) is 5.91 Å². The lowest BCUT2D eigenvalue weighted by Crippen LogP contribution is -2.37. The Kier molecular flexibility index (Phi) is 5.42. The zero-order chi connectivity index (χ0) is 12.7. The van der Waals surface area contributed by atoms with Crippen molar-refractivity contribution in [1.82, 2.24) is 15.6 Å². The molecule has 0 atom stereocenters. The summed E-state index contributed by atoms with van der Waals surface area (Å²) in [6.45, 7) is 2.49. The van der Waals surface area contributed by atoms with Gasteiger partial charge in [-0.2, -0.15) is 0 Å². The molecule has 0 saturated heterocycles. The number of aromatic nitrogens is 1. The Labute approximate surface area is 105 Å². The maximum absolute atomic E-state index is 11.6. The summed E-state index contributed by atoms with van der Waals surface area (Å²) in [5.74, 6) is -0.630. The molecule has 2 amide bonds. The van der Waals surface area contributed by atoms with Gasteiger partial charge < -0.3 is 10.6 Å². The Morgan fingerprint density at radius 1 is 1.41 bits per heavy atom. The third-order valence-electron chi connectivity index (χ3n) is 1.99. The van der Waals surface area contributed by atoms with Crippen LogP contribution >= 0.6 is 11.6 Å². The van der Waals surface area contributed by atoms with Crippen LogP contribution in [0.3, 0.4) is 0 Å². The Morgan fingerprint density at radius 3 is 2.82 bits per heavy atom. The first-order valence-corrected chi connectivity index (χ1v) is 5.68. The molecule has 0 spiro atoms. The van der Waals surface area contributed by atoms with Gasteiger partial charge >= 0.3 is 0 Å². The number of carbonyl (C=O) groups excluding carboxylic acids is 2. The molecular weight excluding hydrogens is 242 g/mol. The maximum atomic E-state index is 11.6. The van der Waals surface area contributed by atoms with Gasteiger partial charge in [-0.3, -0.25) is 9.59 Å². The van der Waals surface area contributed by atoms with Crippen LogP contribution in [0.2, 0.25) is 5.15 Å². The molecule has 0 saturated carbocycles. The summed E-state index contributed by atoms with van der Waals surface area (Å²) < 4.78 is 0. The largest absolute Gasteiger partial charge is 0.355 e. The molecule has 0 fully saturated rings. The fourth-order valence-corrected chi connectivity index (χ4v) is 1.34. The highest BCUT2D eigenvalue weighted by Crippen LogP contribution is 2.10. The van der Waals surface area contributed by atoms with Crippen LogP contribution in [-0.2, 0) is 4.79 Å². The number of rotatable bonds is 5. The van der Waals surface area contributed by atoms with Crippen molar-refractivity contribution in [2.75, 3.05) is 13.1 Å². The van der Waals surface area contributed by atoms with Crippen LogP contribution in [0.15, 0.2) is 18.3 Å². The molecule has 0 radical (unpaired) electrons. The van der Waals surface area contributed by atoms with E-state index in [-0.39, 0.29) is 23.2 Å². The molecule has 0 aliphatic rings. The van der Waals surface area contributed by atoms with Crippen molar-refractivity contribution in [2.24, 2.45) is 0 Å². The van der Waals surface area contributed by atoms with Crippen LogP contribution in [0, 0.1) is 0 Å². The number of hydrogen-bond donors (Lipinski definition) is 2. The molecule has 0 aliphatic carbocycles. The lowest BCUT2D eigenvalue weighted by molar-refractivity contribution is -0.120. The molecule has 6 heteroatoms. The van der Waals surface area contributed by atoms with Crippen LogP contribution in [0.5, 0.6) is 0 Å². The Bertz CT molecular complexity index is 409. The molecule has 1 aromatic heterocycles. The van der Waals surface area contributed by atoms with Crippen LogP contribution in [0.4, 0.5) is 0 Å². The maximum Gasteiger partial charge on any atom is 0.254 e. The first kappa shape index (κ1) is 13.4. The Hall–Kier alpha value is -1.62. The van der Waals surface area contributed by atoms with Crippen LogP contribution < -0.4 is 10.6 Å². The van der Waals surface area contributed by atoms with Crippen molar-refractivity contribution in [1.29, 1.82) is 0 Å². The Balaban J connectivity index is 2.45. The standard InChI is InChI=1S/C11H14ClN3O2/c1-2-5-13-9(16)7-15-11(17)8-4-3-6-14-10(8)12/h3-4,6H,2,5,7H2,1H3,(H,13,16)(H,15,17). The summed E-state index contributed by atoms with van der Waals surface area (Å²) in [7, 11) is 0. The molecule has 1 aromatic rings. The lowest BCUT2D eigenvalue weighted by Gasteiger charge is -2.06. The van der Waals surface area contributed by atoms with Crippen molar-refractivity contribution in [3.8, 4) is 0 Å². The SMILES string of the molecule is CCCNC(=O)CNC(=O)c1cccnc1Cl. The van der Waals surface area contributed by atoms with Gasteiger partial charge in [0.15, 0.2) is 0 Å². The van der Waals surface area contributed by atoms with Crippen LogP contribution in [0.25, 0.3) is 0 Å². The molecule has 1 rings (SSSR count). The summed E-state index contributed by atoms with van der Waals surface area (Å²) in [4.78, 5) is 26.7. The zero-order valence-electron chi connectivity index (χ0n) is 9.50. The van der Waals surface area contributed by atoms with E-state index in [9.17, 15) is 9.59 Å². The molecule has 5 nitrogen and oxygen atoms in total. The van der Waals surface area contributed by atoms with E-state index in [0.717, 1.165) is 6.42 Å². The summed E-state index contributed by atoms with van der Waals surface area (Å²) in [6.07, 6.45) is 2.35. The third kappa shape index (κ3) is 4.40. The van der Waals surface area contributed by atoms with Crippen molar-refractivity contribution in [3.63, 3.8) is 0 Å². The van der Waals surface area contributed by atoms with E-state index >= 15 is 0 Å². The number of nitrogens with zero attached hydrogens (tertiary/aromatic N) is 1. The summed E-state index contributed by atoms with van der Waals surface area (Å²) in [5.41, 5.74) is 0.262. The van der Waals surface area contributed by atoms with Crippen LogP contribution in [0.1, 0.15) is 23.7 Å². The first-order valence-electron chi connectivity index (χ1n) is 5.30. The number of pyridine rings is 1. The van der Waals surface area contributed by atoms with Gasteiger partial charge in [0, 0.05) is 12.7 Å². The second-order valence-electron chi connectivity index (χ2n) is 3.37. The van der Waals surface area contributed by atoms with Crippen molar-refractivity contribution < 1.29 is 9.59 Å². The van der Waals surface area contributed by atoms with Gasteiger partial charge in [0.25, 0.3) is 5.91 Å². The molecule has 2 N–H and O–H groups in total. The predicted molar refractivity (Wildman–Crippen MR) is 64.9 cm³/mol. The van der Waals surface area contributed by atoms with E-state index in [1.807, 2.05) is 6.92 Å². The van der Waals surface area contributed by atoms with Gasteiger partial charge in [-0.25, -0.2) is 4.98 Å². The molecule has 1 heterocycles. The van der Waals surface area contributed by atoms with Gasteiger partial charge in [0.05, 0.1) is 12.1 Å². The molecule has 17 heavy (non-hydrogen) atoms. The van der Waals surface area contributed by atoms with E-state index in [4.69, 9.17) is 11.6 Å². The number of hydrogen-bond acceptors (Lipinski definition) is 3. The second kappa shape index (κ2) is 6.85. The molecule has 0 unspecified atom stereocenters. The highest BCUT2D eigenvalue weighted by molar-refractivity contribution is 6.32. The number of amides is 2. The molecule has 0 aliphatic heterocycles. The number of nitrogens with one attached hydrogen (secondary N) is 2. The number of halogens is 1. The van der Waals surface area contributed by atoms with Gasteiger partial charge in [-0.05, 0) is 18.6 Å². The summed E-state index contributed by atoms with van der Waals surface area (Å²) in [6, 6.07) is 3.16. The zero-order valence-corrected chi connectivity index (χ0v) is 10.3. The minimum Gasteiger partial charge on any atom is -0.355 e. The van der Waals surface area contributed by atoms with Gasteiger partial charge in [0.1, 0.15) is 5.15 Å². The fraction of sp³-hybridized carbons (Fsp3) is 0.364. The van der Waals surface area contributed by atoms with Crippen molar-refractivity contribution >= 4 is 23.4 Å². The van der Waals surface area contributed by atoms with E-state index < -0.39 is 5.91 Å². The normalized spacial score (nSPS) is 9.76. The van der Waals surface area contributed by atoms with Crippen molar-refractivity contribution in [3.05, 3.63) is 29.0 Å². The van der Waals surface area contributed by atoms with E-state index in [2.05, 4.69) is 15.6 Å². The first-order chi connectivity index (χ1) is 8.15. The average molecular weight is 256 g/mol. The lowest BCUT2D eigenvalue weighted by atomic mass is 10.2. The molecular formula is C11H14ClN3O2. The monoisotopic (exact) mass is 255 g/mol. The van der Waals surface area contributed by atoms with Crippen LogP contribution in [-0.4, -0.2) is 29.9 Å². The highest BCUT2D eigenvalue weighted by Gasteiger charge is 2.11. The molecule has 92 valence electrons. The smallest absolute Gasteiger partial charge is 0.254 e. The van der Waals surface area contributed by atoms with E-state index in [0.29, 0.717) is 6.54 Å². The quantitative estimate of drug-likeness (QED) is 0.771. The number of carbonyl (C=O) groups is 2. The van der Waals surface area contributed by atoms with Gasteiger partial charge in [-0.1, -0.05) is 18.5 Å². The molecule has 0 aromatic carbocycles. The fourth-order valence-electron chi connectivity index (χ4n) is 1.14. The second-order valence-corrected chi connectivity index (χ2v) is 3.73. The van der Waals surface area contributed by atoms with E-state index in [1.165, 1.54) is 6.20 Å². The van der Waals surface area contributed by atoms with Crippen molar-refractivity contribution in [2.45, 2.75) is 13.3 Å². The predicted octanol–water partition coefficient (Wildman–Crippen LogP) is 0.991. The average Bonchev–Trinajstić information content (AvgIpc) is 2.34. The molecule has 0 bridgehead atoms. The minimum absolute atomic E-state index is 0.0654. The minimum atomic E-state index is -0.408.